The molecule has 3 amide bonds. The summed E-state index contributed by atoms with van der Waals surface area (Å²) >= 11 is 1.28. The van der Waals surface area contributed by atoms with Gasteiger partial charge < -0.3 is 35.4 Å². The lowest BCUT2D eigenvalue weighted by molar-refractivity contribution is -0.135. The molecule has 244 valence electrons. The Kier molecular flexibility index (Phi) is 14.5. The van der Waals surface area contributed by atoms with E-state index >= 15 is 0 Å². The van der Waals surface area contributed by atoms with Crippen LogP contribution >= 0.6 is 11.3 Å². The van der Waals surface area contributed by atoms with Crippen LogP contribution in [0.5, 0.6) is 0 Å². The minimum absolute atomic E-state index is 0.108. The zero-order chi connectivity index (χ0) is 32.1. The summed E-state index contributed by atoms with van der Waals surface area (Å²) in [6.45, 7) is 2.80. The molecule has 0 saturated heterocycles. The van der Waals surface area contributed by atoms with Gasteiger partial charge in [0.05, 0.1) is 29.5 Å². The maximum Gasteiger partial charge on any atom is 0.410 e. The highest BCUT2D eigenvalue weighted by atomic mass is 32.1. The standard InChI is InChI=1S/C32H49N5O6S/c1-5-26(38)29(39)24(18-22-12-8-6-9-13-22)34-31(41)28(25-20-44-21-33-25)35-30(40)27(19-23-14-10-7-11-15-23)43-32(42)37(4)17-16-36(2)3/h7,10-11,14-15,20-22,24,26-29,38-39H,5-6,8-9,12-13,16-19H2,1-4H3,(H,34,41)(H,35,40)/t24?,26-,27-,28-,29+/m0/s1. The van der Waals surface area contributed by atoms with Crippen LogP contribution in [0.1, 0.15) is 69.2 Å². The molecular weight excluding hydrogens is 582 g/mol. The number of hydrogen-bond donors (Lipinski definition) is 4. The number of nitrogens with zero attached hydrogens (tertiary/aromatic N) is 3. The lowest BCUT2D eigenvalue weighted by Crippen LogP contribution is -2.53. The summed E-state index contributed by atoms with van der Waals surface area (Å²) in [7, 11) is 5.41. The van der Waals surface area contributed by atoms with Crippen molar-refractivity contribution in [3.8, 4) is 0 Å². The molecule has 0 spiro atoms. The maximum atomic E-state index is 13.8. The molecule has 1 unspecified atom stereocenters. The monoisotopic (exact) mass is 631 g/mol. The van der Waals surface area contributed by atoms with Crippen LogP contribution in [0.2, 0.25) is 0 Å². The predicted octanol–water partition coefficient (Wildman–Crippen LogP) is 3.13. The highest BCUT2D eigenvalue weighted by molar-refractivity contribution is 7.07. The Morgan fingerprint density at radius 3 is 2.34 bits per heavy atom. The zero-order valence-corrected chi connectivity index (χ0v) is 27.2. The van der Waals surface area contributed by atoms with Crippen molar-refractivity contribution in [1.29, 1.82) is 0 Å². The Morgan fingerprint density at radius 1 is 1.02 bits per heavy atom. The Morgan fingerprint density at radius 2 is 1.73 bits per heavy atom. The third-order valence-electron chi connectivity index (χ3n) is 8.15. The van der Waals surface area contributed by atoms with Gasteiger partial charge in [-0.25, -0.2) is 9.78 Å². The first kappa shape index (κ1) is 35.4. The molecule has 11 nitrogen and oxygen atoms in total. The number of rotatable bonds is 16. The number of amides is 3. The van der Waals surface area contributed by atoms with Crippen LogP contribution in [-0.2, 0) is 20.7 Å². The van der Waals surface area contributed by atoms with Gasteiger partial charge in [0.25, 0.3) is 5.91 Å². The largest absolute Gasteiger partial charge is 0.436 e. The van der Waals surface area contributed by atoms with Gasteiger partial charge in [-0.05, 0) is 38.4 Å². The van der Waals surface area contributed by atoms with Crippen LogP contribution < -0.4 is 10.6 Å². The van der Waals surface area contributed by atoms with E-state index in [1.54, 1.807) is 24.9 Å². The van der Waals surface area contributed by atoms with Gasteiger partial charge in [-0.1, -0.05) is 69.4 Å². The van der Waals surface area contributed by atoms with E-state index < -0.39 is 48.3 Å². The lowest BCUT2D eigenvalue weighted by atomic mass is 9.83. The normalized spacial score (nSPS) is 17.2. The summed E-state index contributed by atoms with van der Waals surface area (Å²) in [5, 5.41) is 28.9. The SMILES string of the molecule is CC[C@H](O)[C@H](O)C(CC1CCCCC1)NC(=O)[C@@H](NC(=O)[C@H](Cc1ccccc1)OC(=O)N(C)CCN(C)C)c1cscn1. The first-order valence-corrected chi connectivity index (χ1v) is 16.5. The van der Waals surface area contributed by atoms with Gasteiger partial charge in [-0.15, -0.1) is 11.3 Å². The molecule has 1 aromatic heterocycles. The second kappa shape index (κ2) is 18.0. The topological polar surface area (TPSA) is 144 Å². The number of ether oxygens (including phenoxy) is 1. The van der Waals surface area contributed by atoms with Crippen molar-refractivity contribution in [2.75, 3.05) is 34.2 Å². The fraction of sp³-hybridized carbons (Fsp3) is 0.625. The van der Waals surface area contributed by atoms with Gasteiger partial charge in [-0.2, -0.15) is 0 Å². The molecule has 1 aliphatic rings. The smallest absolute Gasteiger partial charge is 0.410 e. The van der Waals surface area contributed by atoms with Gasteiger partial charge in [0.15, 0.2) is 12.1 Å². The van der Waals surface area contributed by atoms with Gasteiger partial charge in [-0.3, -0.25) is 9.59 Å². The Hall–Kier alpha value is -3.06. The van der Waals surface area contributed by atoms with E-state index in [9.17, 15) is 24.6 Å². The third-order valence-corrected chi connectivity index (χ3v) is 8.76. The second-order valence-corrected chi connectivity index (χ2v) is 12.7. The van der Waals surface area contributed by atoms with Crippen LogP contribution in [-0.4, -0.2) is 101 Å². The van der Waals surface area contributed by atoms with Crippen LogP contribution in [0.4, 0.5) is 4.79 Å². The summed E-state index contributed by atoms with van der Waals surface area (Å²) in [5.74, 6) is -0.881. The molecule has 2 aromatic rings. The molecule has 0 bridgehead atoms. The van der Waals surface area contributed by atoms with E-state index in [0.717, 1.165) is 31.2 Å². The molecule has 1 aromatic carbocycles. The summed E-state index contributed by atoms with van der Waals surface area (Å²) in [6.07, 6.45) is 2.30. The Bertz CT molecular complexity index is 1150. The number of nitrogens with one attached hydrogen (secondary N) is 2. The molecular formula is C32H49N5O6S. The molecule has 0 aliphatic heterocycles. The van der Waals surface area contributed by atoms with E-state index in [1.807, 2.05) is 49.3 Å². The zero-order valence-electron chi connectivity index (χ0n) is 26.4. The predicted molar refractivity (Wildman–Crippen MR) is 170 cm³/mol. The van der Waals surface area contributed by atoms with Crippen molar-refractivity contribution >= 4 is 29.2 Å². The Labute approximate surface area is 265 Å². The molecule has 1 heterocycles. The van der Waals surface area contributed by atoms with Gasteiger partial charge in [0.2, 0.25) is 5.91 Å². The molecule has 1 saturated carbocycles. The number of carbonyl (C=O) groups excluding carboxylic acids is 3. The number of aliphatic hydroxyl groups excluding tert-OH is 2. The minimum atomic E-state index is -1.22. The average molecular weight is 632 g/mol. The van der Waals surface area contributed by atoms with E-state index in [-0.39, 0.29) is 6.42 Å². The van der Waals surface area contributed by atoms with Crippen LogP contribution in [0.15, 0.2) is 41.2 Å². The molecule has 4 N–H and O–H groups in total. The molecule has 1 fully saturated rings. The molecule has 12 heteroatoms. The number of benzene rings is 1. The summed E-state index contributed by atoms with van der Waals surface area (Å²) in [6, 6.07) is 7.30. The first-order valence-electron chi connectivity index (χ1n) is 15.5. The van der Waals surface area contributed by atoms with Gasteiger partial charge in [0.1, 0.15) is 0 Å². The van der Waals surface area contributed by atoms with Crippen molar-refractivity contribution in [3.63, 3.8) is 0 Å². The van der Waals surface area contributed by atoms with Crippen LogP contribution in [0, 0.1) is 5.92 Å². The van der Waals surface area contributed by atoms with E-state index in [1.165, 1.54) is 22.7 Å². The average Bonchev–Trinajstić information content (AvgIpc) is 3.56. The number of likely N-dealkylation sites (N-methyl/N-ethyl adjacent to an activating group) is 2. The van der Waals surface area contributed by atoms with E-state index in [2.05, 4.69) is 15.6 Å². The third kappa shape index (κ3) is 11.1. The molecule has 3 rings (SSSR count). The van der Waals surface area contributed by atoms with Crippen molar-refractivity contribution < 1.29 is 29.3 Å². The molecule has 0 radical (unpaired) electrons. The van der Waals surface area contributed by atoms with Crippen molar-refractivity contribution in [3.05, 3.63) is 52.5 Å². The first-order chi connectivity index (χ1) is 21.1. The van der Waals surface area contributed by atoms with Crippen LogP contribution in [0.25, 0.3) is 0 Å². The summed E-state index contributed by atoms with van der Waals surface area (Å²) in [4.78, 5) is 48.2. The van der Waals surface area contributed by atoms with Gasteiger partial charge >= 0.3 is 6.09 Å². The highest BCUT2D eigenvalue weighted by Crippen LogP contribution is 2.29. The quantitative estimate of drug-likeness (QED) is 0.221. The number of aliphatic hydroxyl groups is 2. The van der Waals surface area contributed by atoms with Crippen molar-refractivity contribution in [1.82, 2.24) is 25.4 Å². The molecule has 5 atom stereocenters. The lowest BCUT2D eigenvalue weighted by Gasteiger charge is -2.33. The van der Waals surface area contributed by atoms with Crippen LogP contribution in [0.3, 0.4) is 0 Å². The fourth-order valence-corrected chi connectivity index (χ4v) is 5.96. The maximum absolute atomic E-state index is 13.8. The van der Waals surface area contributed by atoms with Gasteiger partial charge in [0, 0.05) is 31.9 Å². The summed E-state index contributed by atoms with van der Waals surface area (Å²) < 4.78 is 5.71. The fourth-order valence-electron chi connectivity index (χ4n) is 5.38. The number of hydrogen-bond acceptors (Lipinski definition) is 9. The van der Waals surface area contributed by atoms with E-state index in [0.29, 0.717) is 37.5 Å². The number of aromatic nitrogens is 1. The number of thiazole rings is 1. The summed E-state index contributed by atoms with van der Waals surface area (Å²) in [5.41, 5.74) is 2.68. The van der Waals surface area contributed by atoms with Crippen molar-refractivity contribution in [2.24, 2.45) is 5.92 Å². The molecule has 44 heavy (non-hydrogen) atoms. The van der Waals surface area contributed by atoms with Crippen molar-refractivity contribution in [2.45, 2.75) is 88.7 Å². The highest BCUT2D eigenvalue weighted by Gasteiger charge is 2.35. The second-order valence-electron chi connectivity index (χ2n) is 12.0. The Balaban J connectivity index is 1.81. The van der Waals surface area contributed by atoms with E-state index in [4.69, 9.17) is 4.74 Å². The molecule has 1 aliphatic carbocycles. The number of carbonyl (C=O) groups is 3. The minimum Gasteiger partial charge on any atom is -0.436 e.